The summed E-state index contributed by atoms with van der Waals surface area (Å²) >= 11 is 3.35. The van der Waals surface area contributed by atoms with E-state index in [1.54, 1.807) is 12.1 Å². The number of carbonyl (C=O) groups excluding carboxylic acids is 1. The summed E-state index contributed by atoms with van der Waals surface area (Å²) in [4.78, 5) is 19.7. The molecule has 21 heavy (non-hydrogen) atoms. The molecule has 2 N–H and O–H groups in total. The molecule has 6 heteroatoms. The molecular formula is C15H12BrN3O2. The maximum Gasteiger partial charge on any atom is 0.261 e. The second kappa shape index (κ2) is 5.57. The van der Waals surface area contributed by atoms with E-state index in [4.69, 9.17) is 4.74 Å². The van der Waals surface area contributed by atoms with Crippen LogP contribution in [0.5, 0.6) is 5.75 Å². The maximum atomic E-state index is 12.4. The van der Waals surface area contributed by atoms with Gasteiger partial charge < -0.3 is 9.72 Å². The molecule has 0 aliphatic carbocycles. The van der Waals surface area contributed by atoms with Gasteiger partial charge in [0.2, 0.25) is 5.95 Å². The molecule has 0 radical (unpaired) electrons. The third kappa shape index (κ3) is 2.75. The van der Waals surface area contributed by atoms with Gasteiger partial charge in [-0.1, -0.05) is 28.1 Å². The summed E-state index contributed by atoms with van der Waals surface area (Å²) in [6, 6.07) is 12.8. The monoisotopic (exact) mass is 345 g/mol. The molecule has 0 aliphatic rings. The fourth-order valence-electron chi connectivity index (χ4n) is 2.04. The van der Waals surface area contributed by atoms with E-state index in [0.717, 1.165) is 15.5 Å². The number of nitrogens with one attached hydrogen (secondary N) is 2. The third-order valence-corrected chi connectivity index (χ3v) is 3.52. The number of methoxy groups -OCH3 is 1. The number of hydrogen-bond acceptors (Lipinski definition) is 3. The Balaban J connectivity index is 1.90. The van der Waals surface area contributed by atoms with Gasteiger partial charge in [0.05, 0.1) is 23.7 Å². The predicted molar refractivity (Wildman–Crippen MR) is 84.7 cm³/mol. The van der Waals surface area contributed by atoms with Crippen molar-refractivity contribution in [1.29, 1.82) is 0 Å². The van der Waals surface area contributed by atoms with Crippen LogP contribution in [0.4, 0.5) is 5.95 Å². The molecule has 0 saturated heterocycles. The molecule has 0 spiro atoms. The lowest BCUT2D eigenvalue weighted by molar-refractivity contribution is 0.102. The van der Waals surface area contributed by atoms with Crippen LogP contribution in [0.25, 0.3) is 11.0 Å². The topological polar surface area (TPSA) is 67.0 Å². The van der Waals surface area contributed by atoms with Gasteiger partial charge in [0.15, 0.2) is 0 Å². The fourth-order valence-corrected chi connectivity index (χ4v) is 2.41. The molecule has 1 heterocycles. The van der Waals surface area contributed by atoms with Gasteiger partial charge in [-0.3, -0.25) is 10.1 Å². The highest BCUT2D eigenvalue weighted by atomic mass is 79.9. The summed E-state index contributed by atoms with van der Waals surface area (Å²) in [6.45, 7) is 0. The van der Waals surface area contributed by atoms with Crippen molar-refractivity contribution in [2.75, 3.05) is 12.4 Å². The number of amides is 1. The van der Waals surface area contributed by atoms with E-state index in [1.807, 2.05) is 30.3 Å². The Morgan fingerprint density at radius 2 is 2.10 bits per heavy atom. The molecule has 3 rings (SSSR count). The first-order valence-electron chi connectivity index (χ1n) is 6.27. The molecule has 1 amide bonds. The van der Waals surface area contributed by atoms with Gasteiger partial charge >= 0.3 is 0 Å². The van der Waals surface area contributed by atoms with E-state index >= 15 is 0 Å². The SMILES string of the molecule is COc1ccc(Br)cc1C(=O)Nc1nc2ccccc2[nH]1. The molecular weight excluding hydrogens is 334 g/mol. The van der Waals surface area contributed by atoms with Gasteiger partial charge in [0.25, 0.3) is 5.91 Å². The van der Waals surface area contributed by atoms with Crippen molar-refractivity contribution in [3.8, 4) is 5.75 Å². The summed E-state index contributed by atoms with van der Waals surface area (Å²) in [5, 5.41) is 2.74. The van der Waals surface area contributed by atoms with Crippen molar-refractivity contribution in [2.24, 2.45) is 0 Å². The second-order valence-corrected chi connectivity index (χ2v) is 5.32. The van der Waals surface area contributed by atoms with Gasteiger partial charge in [-0.25, -0.2) is 4.98 Å². The number of fused-ring (bicyclic) bond motifs is 1. The number of halogens is 1. The Hall–Kier alpha value is -2.34. The molecule has 106 valence electrons. The number of hydrogen-bond donors (Lipinski definition) is 2. The first-order chi connectivity index (χ1) is 10.2. The summed E-state index contributed by atoms with van der Waals surface area (Å²) in [5.74, 6) is 0.627. The predicted octanol–water partition coefficient (Wildman–Crippen LogP) is 3.59. The lowest BCUT2D eigenvalue weighted by atomic mass is 10.2. The van der Waals surface area contributed by atoms with E-state index in [0.29, 0.717) is 17.3 Å². The number of anilines is 1. The number of H-pyrrole nitrogens is 1. The van der Waals surface area contributed by atoms with Crippen molar-refractivity contribution in [1.82, 2.24) is 9.97 Å². The smallest absolute Gasteiger partial charge is 0.261 e. The quantitative estimate of drug-likeness (QED) is 0.762. The number of imidazole rings is 1. The highest BCUT2D eigenvalue weighted by molar-refractivity contribution is 9.10. The molecule has 0 unspecified atom stereocenters. The van der Waals surface area contributed by atoms with Crippen LogP contribution in [0.15, 0.2) is 46.9 Å². The van der Waals surface area contributed by atoms with Crippen LogP contribution in [0.3, 0.4) is 0 Å². The van der Waals surface area contributed by atoms with Crippen molar-refractivity contribution in [3.05, 3.63) is 52.5 Å². The van der Waals surface area contributed by atoms with Crippen molar-refractivity contribution in [3.63, 3.8) is 0 Å². The maximum absolute atomic E-state index is 12.4. The van der Waals surface area contributed by atoms with Gasteiger partial charge in [-0.15, -0.1) is 0 Å². The molecule has 0 bridgehead atoms. The van der Waals surface area contributed by atoms with Crippen LogP contribution in [0, 0.1) is 0 Å². The van der Waals surface area contributed by atoms with E-state index in [1.165, 1.54) is 7.11 Å². The number of benzene rings is 2. The van der Waals surface area contributed by atoms with Gasteiger partial charge in [0, 0.05) is 4.47 Å². The lowest BCUT2D eigenvalue weighted by Gasteiger charge is -2.08. The average molecular weight is 346 g/mol. The Labute approximate surface area is 129 Å². The Morgan fingerprint density at radius 1 is 1.29 bits per heavy atom. The van der Waals surface area contributed by atoms with Crippen LogP contribution in [0.2, 0.25) is 0 Å². The number of aromatic amines is 1. The molecule has 5 nitrogen and oxygen atoms in total. The van der Waals surface area contributed by atoms with Gasteiger partial charge in [0.1, 0.15) is 5.75 Å². The molecule has 0 saturated carbocycles. The summed E-state index contributed by atoms with van der Waals surface area (Å²) in [5.41, 5.74) is 2.11. The standard InChI is InChI=1S/C15H12BrN3O2/c1-21-13-7-6-9(16)8-10(13)14(20)19-15-17-11-4-2-3-5-12(11)18-15/h2-8H,1H3,(H2,17,18,19,20). The summed E-state index contributed by atoms with van der Waals surface area (Å²) < 4.78 is 6.01. The van der Waals surface area contributed by atoms with E-state index < -0.39 is 0 Å². The summed E-state index contributed by atoms with van der Waals surface area (Å²) in [6.07, 6.45) is 0. The number of ether oxygens (including phenoxy) is 1. The van der Waals surface area contributed by atoms with Crippen LogP contribution in [0.1, 0.15) is 10.4 Å². The first-order valence-corrected chi connectivity index (χ1v) is 7.06. The minimum absolute atomic E-state index is 0.285. The number of rotatable bonds is 3. The highest BCUT2D eigenvalue weighted by Crippen LogP contribution is 2.24. The van der Waals surface area contributed by atoms with E-state index in [2.05, 4.69) is 31.2 Å². The highest BCUT2D eigenvalue weighted by Gasteiger charge is 2.14. The number of nitrogens with zero attached hydrogens (tertiary/aromatic N) is 1. The third-order valence-electron chi connectivity index (χ3n) is 3.03. The van der Waals surface area contributed by atoms with Gasteiger partial charge in [-0.05, 0) is 30.3 Å². The van der Waals surface area contributed by atoms with Crippen LogP contribution in [-0.2, 0) is 0 Å². The largest absolute Gasteiger partial charge is 0.496 e. The lowest BCUT2D eigenvalue weighted by Crippen LogP contribution is -2.14. The minimum Gasteiger partial charge on any atom is -0.496 e. The van der Waals surface area contributed by atoms with Crippen molar-refractivity contribution in [2.45, 2.75) is 0 Å². The zero-order valence-corrected chi connectivity index (χ0v) is 12.8. The normalized spacial score (nSPS) is 10.6. The Kier molecular flexibility index (Phi) is 3.62. The van der Waals surface area contributed by atoms with Crippen molar-refractivity contribution >= 4 is 38.8 Å². The zero-order valence-electron chi connectivity index (χ0n) is 11.2. The molecule has 2 aromatic carbocycles. The van der Waals surface area contributed by atoms with Crippen LogP contribution >= 0.6 is 15.9 Å². The Morgan fingerprint density at radius 3 is 2.86 bits per heavy atom. The van der Waals surface area contributed by atoms with Gasteiger partial charge in [-0.2, -0.15) is 0 Å². The van der Waals surface area contributed by atoms with E-state index in [9.17, 15) is 4.79 Å². The summed E-state index contributed by atoms with van der Waals surface area (Å²) in [7, 11) is 1.53. The number of para-hydroxylation sites is 2. The first kappa shape index (κ1) is 13.6. The van der Waals surface area contributed by atoms with E-state index in [-0.39, 0.29) is 5.91 Å². The molecule has 0 aliphatic heterocycles. The molecule has 0 atom stereocenters. The number of carbonyl (C=O) groups is 1. The van der Waals surface area contributed by atoms with Crippen molar-refractivity contribution < 1.29 is 9.53 Å². The fraction of sp³-hybridized carbons (Fsp3) is 0.0667. The zero-order chi connectivity index (χ0) is 14.8. The van der Waals surface area contributed by atoms with Crippen LogP contribution in [-0.4, -0.2) is 23.0 Å². The van der Waals surface area contributed by atoms with Crippen LogP contribution < -0.4 is 10.1 Å². The number of aromatic nitrogens is 2. The second-order valence-electron chi connectivity index (χ2n) is 4.40. The molecule has 0 fully saturated rings. The minimum atomic E-state index is -0.285. The Bertz CT molecular complexity index is 781. The molecule has 3 aromatic rings. The average Bonchev–Trinajstić information content (AvgIpc) is 2.89. The molecule has 1 aromatic heterocycles.